The fourth-order valence-electron chi connectivity index (χ4n) is 1.23. The Morgan fingerprint density at radius 2 is 1.85 bits per heavy atom. The van der Waals surface area contributed by atoms with Crippen LogP contribution >= 0.6 is 12.2 Å². The molecule has 0 aliphatic rings. The highest BCUT2D eigenvalue weighted by Gasteiger charge is 2.19. The highest BCUT2D eigenvalue weighted by atomic mass is 32.1. The van der Waals surface area contributed by atoms with Crippen molar-refractivity contribution in [3.8, 4) is 0 Å². The quantitative estimate of drug-likeness (QED) is 0.704. The zero-order chi connectivity index (χ0) is 9.90. The molecule has 1 rings (SSSR count). The monoisotopic (exact) mass is 194 g/mol. The normalized spacial score (nSPS) is 10.9. The number of nitrogens with two attached hydrogens (primary N) is 1. The SMILES string of the molecule is CC(C)(NC(N)=S)c1ccccc1. The average Bonchev–Trinajstić information content (AvgIpc) is 2.04. The van der Waals surface area contributed by atoms with Crippen LogP contribution in [0.25, 0.3) is 0 Å². The Morgan fingerprint density at radius 3 is 2.31 bits per heavy atom. The van der Waals surface area contributed by atoms with E-state index in [2.05, 4.69) is 5.32 Å². The van der Waals surface area contributed by atoms with Crippen LogP contribution < -0.4 is 11.1 Å². The molecule has 0 saturated heterocycles. The number of benzene rings is 1. The zero-order valence-corrected chi connectivity index (χ0v) is 8.69. The lowest BCUT2D eigenvalue weighted by Gasteiger charge is -2.26. The molecule has 0 aromatic heterocycles. The van der Waals surface area contributed by atoms with Gasteiger partial charge in [0.05, 0.1) is 5.54 Å². The van der Waals surface area contributed by atoms with Crippen LogP contribution in [-0.2, 0) is 5.54 Å². The summed E-state index contributed by atoms with van der Waals surface area (Å²) < 4.78 is 0. The molecule has 1 aromatic rings. The molecular weight excluding hydrogens is 180 g/mol. The maximum absolute atomic E-state index is 5.44. The van der Waals surface area contributed by atoms with Gasteiger partial charge in [-0.3, -0.25) is 0 Å². The highest BCUT2D eigenvalue weighted by molar-refractivity contribution is 7.80. The van der Waals surface area contributed by atoms with Gasteiger partial charge < -0.3 is 11.1 Å². The Labute approximate surface area is 84.1 Å². The largest absolute Gasteiger partial charge is 0.376 e. The highest BCUT2D eigenvalue weighted by Crippen LogP contribution is 2.18. The maximum atomic E-state index is 5.44. The summed E-state index contributed by atoms with van der Waals surface area (Å²) >= 11 is 4.81. The number of nitrogens with one attached hydrogen (secondary N) is 1. The Morgan fingerprint density at radius 1 is 1.31 bits per heavy atom. The van der Waals surface area contributed by atoms with Gasteiger partial charge in [-0.1, -0.05) is 30.3 Å². The van der Waals surface area contributed by atoms with Crippen molar-refractivity contribution in [3.05, 3.63) is 35.9 Å². The first kappa shape index (κ1) is 9.99. The van der Waals surface area contributed by atoms with E-state index in [1.807, 2.05) is 44.2 Å². The van der Waals surface area contributed by atoms with Gasteiger partial charge in [-0.2, -0.15) is 0 Å². The molecule has 0 heterocycles. The average molecular weight is 194 g/mol. The molecule has 3 N–H and O–H groups in total. The summed E-state index contributed by atoms with van der Waals surface area (Å²) in [7, 11) is 0. The van der Waals surface area contributed by atoms with E-state index in [4.69, 9.17) is 18.0 Å². The minimum absolute atomic E-state index is 0.201. The minimum atomic E-state index is -0.201. The van der Waals surface area contributed by atoms with Crippen LogP contribution in [0, 0.1) is 0 Å². The summed E-state index contributed by atoms with van der Waals surface area (Å²) in [5.41, 5.74) is 6.40. The van der Waals surface area contributed by atoms with Crippen molar-refractivity contribution < 1.29 is 0 Å². The molecule has 1 aromatic carbocycles. The van der Waals surface area contributed by atoms with E-state index < -0.39 is 0 Å². The lowest BCUT2D eigenvalue weighted by atomic mass is 9.95. The third-order valence-corrected chi connectivity index (χ3v) is 2.03. The van der Waals surface area contributed by atoms with Crippen LogP contribution in [0.5, 0.6) is 0 Å². The Kier molecular flexibility index (Phi) is 2.88. The molecule has 0 saturated carbocycles. The summed E-state index contributed by atoms with van der Waals surface area (Å²) in [5.74, 6) is 0. The van der Waals surface area contributed by atoms with E-state index in [0.717, 1.165) is 0 Å². The number of hydrogen-bond donors (Lipinski definition) is 2. The molecule has 70 valence electrons. The van der Waals surface area contributed by atoms with Crippen LogP contribution in [0.2, 0.25) is 0 Å². The third-order valence-electron chi connectivity index (χ3n) is 1.93. The van der Waals surface area contributed by atoms with Crippen molar-refractivity contribution in [1.29, 1.82) is 0 Å². The molecule has 0 bridgehead atoms. The van der Waals surface area contributed by atoms with Gasteiger partial charge in [0.15, 0.2) is 5.11 Å². The van der Waals surface area contributed by atoms with Gasteiger partial charge in [-0.15, -0.1) is 0 Å². The first-order valence-electron chi connectivity index (χ1n) is 4.15. The summed E-state index contributed by atoms with van der Waals surface area (Å²) in [6.45, 7) is 4.09. The molecule has 2 nitrogen and oxygen atoms in total. The summed E-state index contributed by atoms with van der Waals surface area (Å²) in [5, 5.41) is 3.37. The second kappa shape index (κ2) is 3.75. The lowest BCUT2D eigenvalue weighted by Crippen LogP contribution is -2.43. The fourth-order valence-corrected chi connectivity index (χ4v) is 1.49. The molecule has 0 unspecified atom stereocenters. The molecular formula is C10H14N2S. The molecule has 0 spiro atoms. The maximum Gasteiger partial charge on any atom is 0.164 e. The van der Waals surface area contributed by atoms with Crippen LogP contribution in [0.1, 0.15) is 19.4 Å². The lowest BCUT2D eigenvalue weighted by molar-refractivity contribution is 0.488. The zero-order valence-electron chi connectivity index (χ0n) is 7.87. The predicted molar refractivity (Wildman–Crippen MR) is 59.4 cm³/mol. The first-order valence-corrected chi connectivity index (χ1v) is 4.56. The second-order valence-corrected chi connectivity index (χ2v) is 3.92. The van der Waals surface area contributed by atoms with Gasteiger partial charge in [-0.05, 0) is 31.6 Å². The minimum Gasteiger partial charge on any atom is -0.376 e. The van der Waals surface area contributed by atoms with Crippen molar-refractivity contribution in [3.63, 3.8) is 0 Å². The van der Waals surface area contributed by atoms with Gasteiger partial charge in [0, 0.05) is 0 Å². The van der Waals surface area contributed by atoms with Gasteiger partial charge in [-0.25, -0.2) is 0 Å². The van der Waals surface area contributed by atoms with Crippen LogP contribution in [0.4, 0.5) is 0 Å². The van der Waals surface area contributed by atoms with E-state index in [1.54, 1.807) is 0 Å². The fraction of sp³-hybridized carbons (Fsp3) is 0.300. The van der Waals surface area contributed by atoms with Crippen molar-refractivity contribution >= 4 is 17.3 Å². The standard InChI is InChI=1S/C10H14N2S/c1-10(2,12-9(11)13)8-6-4-3-5-7-8/h3-7H,1-2H3,(H3,11,12,13). The van der Waals surface area contributed by atoms with Crippen LogP contribution in [0.3, 0.4) is 0 Å². The van der Waals surface area contributed by atoms with Gasteiger partial charge >= 0.3 is 0 Å². The van der Waals surface area contributed by atoms with Crippen molar-refractivity contribution in [2.24, 2.45) is 5.73 Å². The van der Waals surface area contributed by atoms with Gasteiger partial charge in [0.25, 0.3) is 0 Å². The Bertz CT molecular complexity index is 293. The molecule has 0 amide bonds. The Hall–Kier alpha value is -1.09. The van der Waals surface area contributed by atoms with E-state index >= 15 is 0 Å². The topological polar surface area (TPSA) is 38.0 Å². The molecule has 0 fully saturated rings. The van der Waals surface area contributed by atoms with Crippen LogP contribution in [0.15, 0.2) is 30.3 Å². The van der Waals surface area contributed by atoms with E-state index in [1.165, 1.54) is 5.56 Å². The van der Waals surface area contributed by atoms with Gasteiger partial charge in [0.2, 0.25) is 0 Å². The molecule has 3 heteroatoms. The second-order valence-electron chi connectivity index (χ2n) is 3.48. The Balaban J connectivity index is 2.87. The number of hydrogen-bond acceptors (Lipinski definition) is 1. The predicted octanol–water partition coefficient (Wildman–Crippen LogP) is 1.75. The summed E-state index contributed by atoms with van der Waals surface area (Å²) in [4.78, 5) is 0. The van der Waals surface area contributed by atoms with E-state index in [9.17, 15) is 0 Å². The summed E-state index contributed by atoms with van der Waals surface area (Å²) in [6.07, 6.45) is 0. The molecule has 0 radical (unpaired) electrons. The molecule has 13 heavy (non-hydrogen) atoms. The molecule has 0 aliphatic heterocycles. The smallest absolute Gasteiger partial charge is 0.164 e. The van der Waals surface area contributed by atoms with E-state index in [0.29, 0.717) is 5.11 Å². The number of rotatable bonds is 2. The van der Waals surface area contributed by atoms with Crippen molar-refractivity contribution in [2.75, 3.05) is 0 Å². The number of thiocarbonyl (C=S) groups is 1. The van der Waals surface area contributed by atoms with Crippen molar-refractivity contribution in [1.82, 2.24) is 5.32 Å². The van der Waals surface area contributed by atoms with Gasteiger partial charge in [0.1, 0.15) is 0 Å². The third kappa shape index (κ3) is 2.70. The molecule has 0 aliphatic carbocycles. The first-order chi connectivity index (χ1) is 6.02. The van der Waals surface area contributed by atoms with Crippen LogP contribution in [-0.4, -0.2) is 5.11 Å². The van der Waals surface area contributed by atoms with E-state index in [-0.39, 0.29) is 5.54 Å². The summed E-state index contributed by atoms with van der Waals surface area (Å²) in [6, 6.07) is 10.1. The van der Waals surface area contributed by atoms with Crippen molar-refractivity contribution in [2.45, 2.75) is 19.4 Å². The molecule has 0 atom stereocenters.